The van der Waals surface area contributed by atoms with Gasteiger partial charge in [0.2, 0.25) is 0 Å². The van der Waals surface area contributed by atoms with Crippen LogP contribution in [-0.2, 0) is 11.3 Å². The Balaban J connectivity index is 1.56. The lowest BCUT2D eigenvalue weighted by Gasteiger charge is -2.14. The number of nitrogens with one attached hydrogen (secondary N) is 1. The maximum Gasteiger partial charge on any atom is 0.408 e. The molecule has 0 spiro atoms. The topological polar surface area (TPSA) is 99.8 Å². The highest BCUT2D eigenvalue weighted by Gasteiger charge is 2.28. The van der Waals surface area contributed by atoms with E-state index in [0.29, 0.717) is 16.1 Å². The Hall–Kier alpha value is -3.44. The molecule has 3 rings (SSSR count). The van der Waals surface area contributed by atoms with Gasteiger partial charge in [-0.05, 0) is 41.6 Å². The zero-order valence-corrected chi connectivity index (χ0v) is 14.0. The number of alkyl halides is 3. The van der Waals surface area contributed by atoms with Gasteiger partial charge in [0.1, 0.15) is 18.6 Å². The van der Waals surface area contributed by atoms with Crippen LogP contribution in [0.5, 0.6) is 5.75 Å². The first-order chi connectivity index (χ1) is 12.8. The first kappa shape index (κ1) is 18.4. The van der Waals surface area contributed by atoms with Crippen LogP contribution in [0.1, 0.15) is 6.92 Å². The van der Waals surface area contributed by atoms with E-state index in [1.807, 2.05) is 0 Å². The number of carbonyl (C=O) groups is 1. The summed E-state index contributed by atoms with van der Waals surface area (Å²) < 4.78 is 44.6. The van der Waals surface area contributed by atoms with Crippen LogP contribution in [0.15, 0.2) is 43.0 Å². The molecule has 0 fully saturated rings. The summed E-state index contributed by atoms with van der Waals surface area (Å²) in [5, 5.41) is 16.8. The first-order valence-corrected chi connectivity index (χ1v) is 7.70. The number of carbonyl (C=O) groups excluding carboxylic acids is 1. The molecule has 3 aromatic rings. The lowest BCUT2D eigenvalue weighted by molar-refractivity contribution is -0.142. The van der Waals surface area contributed by atoms with Gasteiger partial charge in [0.05, 0.1) is 17.6 Å². The molecule has 12 heteroatoms. The molecule has 0 aliphatic carbocycles. The highest BCUT2D eigenvalue weighted by atomic mass is 19.4. The Labute approximate surface area is 150 Å². The van der Waals surface area contributed by atoms with Gasteiger partial charge in [-0.3, -0.25) is 9.48 Å². The van der Waals surface area contributed by atoms with Crippen molar-refractivity contribution in [2.24, 2.45) is 0 Å². The second-order valence-corrected chi connectivity index (χ2v) is 5.54. The van der Waals surface area contributed by atoms with Crippen LogP contribution in [-0.4, -0.2) is 48.2 Å². The van der Waals surface area contributed by atoms with Crippen molar-refractivity contribution in [3.63, 3.8) is 0 Å². The van der Waals surface area contributed by atoms with Crippen molar-refractivity contribution in [1.82, 2.24) is 30.0 Å². The molecule has 1 amide bonds. The summed E-state index contributed by atoms with van der Waals surface area (Å²) in [6, 6.07) is 6.69. The predicted octanol–water partition coefficient (Wildman–Crippen LogP) is 1.83. The quantitative estimate of drug-likeness (QED) is 0.699. The number of halogens is 3. The van der Waals surface area contributed by atoms with E-state index in [4.69, 9.17) is 4.74 Å². The van der Waals surface area contributed by atoms with Crippen LogP contribution in [0, 0.1) is 0 Å². The number of ether oxygens (including phenoxy) is 1. The SMILES string of the molecule is CC(Oc1ccc(-n2cnnn2)cc1)C(=O)Nc1cnn(CC(F)(F)F)c1. The molecule has 2 heterocycles. The minimum absolute atomic E-state index is 0.147. The van der Waals surface area contributed by atoms with Crippen LogP contribution < -0.4 is 10.1 Å². The molecule has 0 aliphatic heterocycles. The van der Waals surface area contributed by atoms with E-state index in [2.05, 4.69) is 25.9 Å². The van der Waals surface area contributed by atoms with Gasteiger partial charge in [-0.1, -0.05) is 0 Å². The number of tetrazole rings is 1. The summed E-state index contributed by atoms with van der Waals surface area (Å²) in [6.07, 6.45) is -1.60. The average Bonchev–Trinajstić information content (AvgIpc) is 3.26. The minimum atomic E-state index is -4.39. The second-order valence-electron chi connectivity index (χ2n) is 5.54. The van der Waals surface area contributed by atoms with E-state index in [1.165, 1.54) is 17.9 Å². The van der Waals surface area contributed by atoms with Crippen LogP contribution in [0.25, 0.3) is 5.69 Å². The molecule has 0 saturated heterocycles. The fraction of sp³-hybridized carbons (Fsp3) is 0.267. The predicted molar refractivity (Wildman–Crippen MR) is 86.2 cm³/mol. The zero-order valence-electron chi connectivity index (χ0n) is 14.0. The van der Waals surface area contributed by atoms with Gasteiger partial charge in [-0.25, -0.2) is 4.68 Å². The van der Waals surface area contributed by atoms with Crippen molar-refractivity contribution < 1.29 is 22.7 Å². The lowest BCUT2D eigenvalue weighted by Crippen LogP contribution is -2.30. The Kier molecular flexibility index (Phi) is 5.05. The fourth-order valence-electron chi connectivity index (χ4n) is 2.16. The molecule has 1 aromatic carbocycles. The van der Waals surface area contributed by atoms with Gasteiger partial charge >= 0.3 is 6.18 Å². The Morgan fingerprint density at radius 3 is 2.67 bits per heavy atom. The van der Waals surface area contributed by atoms with Crippen LogP contribution in [0.4, 0.5) is 18.9 Å². The number of nitrogens with zero attached hydrogens (tertiary/aromatic N) is 6. The van der Waals surface area contributed by atoms with Crippen LogP contribution in [0.3, 0.4) is 0 Å². The van der Waals surface area contributed by atoms with Crippen molar-refractivity contribution in [2.75, 3.05) is 5.32 Å². The van der Waals surface area contributed by atoms with E-state index >= 15 is 0 Å². The number of aromatic nitrogens is 6. The maximum absolute atomic E-state index is 12.3. The molecular weight excluding hydrogens is 367 g/mol. The highest BCUT2D eigenvalue weighted by Crippen LogP contribution is 2.19. The molecule has 1 unspecified atom stereocenters. The first-order valence-electron chi connectivity index (χ1n) is 7.70. The van der Waals surface area contributed by atoms with Crippen LogP contribution in [0.2, 0.25) is 0 Å². The van der Waals surface area contributed by atoms with E-state index < -0.39 is 24.7 Å². The van der Waals surface area contributed by atoms with Crippen molar-refractivity contribution in [3.05, 3.63) is 43.0 Å². The van der Waals surface area contributed by atoms with Gasteiger partial charge in [0.15, 0.2) is 6.10 Å². The van der Waals surface area contributed by atoms with E-state index in [9.17, 15) is 18.0 Å². The summed E-state index contributed by atoms with van der Waals surface area (Å²) in [6.45, 7) is 0.285. The molecule has 9 nitrogen and oxygen atoms in total. The normalized spacial score (nSPS) is 12.6. The minimum Gasteiger partial charge on any atom is -0.481 e. The largest absolute Gasteiger partial charge is 0.481 e. The smallest absolute Gasteiger partial charge is 0.408 e. The summed E-state index contributed by atoms with van der Waals surface area (Å²) in [7, 11) is 0. The van der Waals surface area contributed by atoms with Crippen molar-refractivity contribution >= 4 is 11.6 Å². The van der Waals surface area contributed by atoms with Gasteiger partial charge < -0.3 is 10.1 Å². The van der Waals surface area contributed by atoms with Gasteiger partial charge in [-0.2, -0.15) is 18.3 Å². The van der Waals surface area contributed by atoms with Crippen molar-refractivity contribution in [3.8, 4) is 11.4 Å². The summed E-state index contributed by atoms with van der Waals surface area (Å²) in [5.74, 6) is -0.0895. The Morgan fingerprint density at radius 2 is 2.04 bits per heavy atom. The number of hydrogen-bond acceptors (Lipinski definition) is 6. The number of rotatable bonds is 6. The molecule has 142 valence electrons. The molecule has 1 atom stereocenters. The standard InChI is InChI=1S/C15H14F3N7O2/c1-10(14(26)21-11-6-20-24(7-11)8-15(16,17)18)27-13-4-2-12(3-5-13)25-9-19-22-23-25/h2-7,9-10H,8H2,1H3,(H,21,26). The molecule has 0 radical (unpaired) electrons. The average molecular weight is 381 g/mol. The number of amides is 1. The maximum atomic E-state index is 12.3. The number of hydrogen-bond donors (Lipinski definition) is 1. The molecule has 0 saturated carbocycles. The molecule has 0 bridgehead atoms. The van der Waals surface area contributed by atoms with Gasteiger partial charge in [-0.15, -0.1) is 5.10 Å². The second kappa shape index (κ2) is 7.43. The van der Waals surface area contributed by atoms with E-state index in [1.54, 1.807) is 24.3 Å². The summed E-state index contributed by atoms with van der Waals surface area (Å²) >= 11 is 0. The van der Waals surface area contributed by atoms with Gasteiger partial charge in [0, 0.05) is 6.20 Å². The zero-order chi connectivity index (χ0) is 19.4. The van der Waals surface area contributed by atoms with Gasteiger partial charge in [0.25, 0.3) is 5.91 Å². The third-order valence-corrected chi connectivity index (χ3v) is 3.37. The fourth-order valence-corrected chi connectivity index (χ4v) is 2.16. The van der Waals surface area contributed by atoms with Crippen LogP contribution >= 0.6 is 0 Å². The molecular formula is C15H14F3N7O2. The summed E-state index contributed by atoms with van der Waals surface area (Å²) in [5.41, 5.74) is 0.857. The third-order valence-electron chi connectivity index (χ3n) is 3.37. The molecule has 27 heavy (non-hydrogen) atoms. The molecule has 0 aliphatic rings. The third kappa shape index (κ3) is 5.03. The Bertz CT molecular complexity index is 891. The molecule has 1 N–H and O–H groups in total. The lowest BCUT2D eigenvalue weighted by atomic mass is 10.3. The van der Waals surface area contributed by atoms with E-state index in [0.717, 1.165) is 12.4 Å². The van der Waals surface area contributed by atoms with E-state index in [-0.39, 0.29) is 5.69 Å². The van der Waals surface area contributed by atoms with Crippen molar-refractivity contribution in [1.29, 1.82) is 0 Å². The monoisotopic (exact) mass is 381 g/mol. The highest BCUT2D eigenvalue weighted by molar-refractivity contribution is 5.93. The Morgan fingerprint density at radius 1 is 1.30 bits per heavy atom. The van der Waals surface area contributed by atoms with Crippen molar-refractivity contribution in [2.45, 2.75) is 25.7 Å². The number of anilines is 1. The molecule has 2 aromatic heterocycles. The number of benzene rings is 1. The summed E-state index contributed by atoms with van der Waals surface area (Å²) in [4.78, 5) is 12.1.